The quantitative estimate of drug-likeness (QED) is 0.360. The van der Waals surface area contributed by atoms with Crippen molar-refractivity contribution >= 4 is 16.9 Å². The molecule has 5 atom stereocenters. The van der Waals surface area contributed by atoms with E-state index in [9.17, 15) is 0 Å². The zero-order valence-electron chi connectivity index (χ0n) is 10.00. The normalized spacial score (nSPS) is 33.8. The molecule has 0 spiro atoms. The molecule has 2 radical (unpaired) electrons. The lowest BCUT2D eigenvalue weighted by Gasteiger charge is -2.22. The Bertz CT molecular complexity index is 210. The molecule has 1 N–H and O–H groups in total. The van der Waals surface area contributed by atoms with E-state index >= 15 is 0 Å². The van der Waals surface area contributed by atoms with Crippen LogP contribution in [0, 0.1) is 0 Å². The summed E-state index contributed by atoms with van der Waals surface area (Å²) in [6, 6.07) is -0.615. The van der Waals surface area contributed by atoms with Gasteiger partial charge in [-0.3, -0.25) is 0 Å². The van der Waals surface area contributed by atoms with Gasteiger partial charge in [0.05, 0.1) is 19.8 Å². The molecule has 0 saturated carbocycles. The van der Waals surface area contributed by atoms with Crippen molar-refractivity contribution in [2.45, 2.75) is 24.3 Å². The van der Waals surface area contributed by atoms with Crippen LogP contribution in [0.4, 0.5) is 0 Å². The maximum atomic E-state index is 9.16. The summed E-state index contributed by atoms with van der Waals surface area (Å²) in [5.74, 6) is 0. The van der Waals surface area contributed by atoms with E-state index in [2.05, 4.69) is 0 Å². The number of hydrogen-bond acceptors (Lipinski definition) is 6. The highest BCUT2D eigenvalue weighted by Crippen LogP contribution is 2.30. The second-order valence-electron chi connectivity index (χ2n) is 3.52. The van der Waals surface area contributed by atoms with E-state index < -0.39 is 24.3 Å². The molecule has 1 aliphatic rings. The van der Waals surface area contributed by atoms with Crippen molar-refractivity contribution in [3.8, 4) is 0 Å². The zero-order valence-corrected chi connectivity index (χ0v) is 11.0. The molecule has 6 nitrogen and oxygen atoms in total. The lowest BCUT2D eigenvalue weighted by molar-refractivity contribution is -0.0303. The molecule has 0 aromatic rings. The topological polar surface area (TPSA) is 66.4 Å². The number of aliphatic hydroxyl groups is 1. The Kier molecular flexibility index (Phi) is 7.54. The average Bonchev–Trinajstić information content (AvgIpc) is 2.63. The smallest absolute Gasteiger partial charge is 0.155 e. The van der Waals surface area contributed by atoms with E-state index in [1.165, 1.54) is 7.11 Å². The van der Waals surface area contributed by atoms with Gasteiger partial charge >= 0.3 is 0 Å². The molecule has 0 aromatic carbocycles. The summed E-state index contributed by atoms with van der Waals surface area (Å²) in [7, 11) is 8.75. The fourth-order valence-corrected chi connectivity index (χ4v) is 2.10. The van der Waals surface area contributed by atoms with Gasteiger partial charge in [-0.25, -0.2) is 0 Å². The monoisotopic (exact) mass is 264 g/mol. The lowest BCUT2D eigenvalue weighted by atomic mass is 9.93. The molecule has 17 heavy (non-hydrogen) atoms. The van der Waals surface area contributed by atoms with E-state index in [0.717, 1.165) is 0 Å². The molecule has 0 amide bonds. The standard InChI is InChI=1S/C9H18BO6P/c1-12-3-4-14-8-7(16-17-13-2)6(5-11)15-9(8)10/h6-9,11,17H,3-5H2,1-2H3. The van der Waals surface area contributed by atoms with Gasteiger partial charge in [-0.15, -0.1) is 0 Å². The van der Waals surface area contributed by atoms with Crippen LogP contribution in [0.15, 0.2) is 0 Å². The van der Waals surface area contributed by atoms with Gasteiger partial charge in [-0.05, 0) is 0 Å². The molecule has 1 saturated heterocycles. The van der Waals surface area contributed by atoms with Gasteiger partial charge in [0.25, 0.3) is 0 Å². The minimum atomic E-state index is -0.615. The molecule has 1 fully saturated rings. The molecule has 1 heterocycles. The molecule has 98 valence electrons. The first-order valence-electron chi connectivity index (χ1n) is 5.30. The Labute approximate surface area is 104 Å². The van der Waals surface area contributed by atoms with Crippen molar-refractivity contribution in [2.24, 2.45) is 0 Å². The van der Waals surface area contributed by atoms with Gasteiger partial charge in [0.15, 0.2) is 9.03 Å². The number of methoxy groups -OCH3 is 1. The molecular formula is C9H18BO6P. The van der Waals surface area contributed by atoms with Gasteiger partial charge < -0.3 is 28.4 Å². The summed E-state index contributed by atoms with van der Waals surface area (Å²) in [5.41, 5.74) is 0. The summed E-state index contributed by atoms with van der Waals surface area (Å²) >= 11 is 0. The van der Waals surface area contributed by atoms with E-state index in [4.69, 9.17) is 36.2 Å². The number of hydrogen-bond donors (Lipinski definition) is 1. The Morgan fingerprint density at radius 1 is 1.29 bits per heavy atom. The van der Waals surface area contributed by atoms with Gasteiger partial charge in [0.1, 0.15) is 26.2 Å². The predicted molar refractivity (Wildman–Crippen MR) is 63.3 cm³/mol. The molecule has 0 aliphatic carbocycles. The van der Waals surface area contributed by atoms with Crippen LogP contribution < -0.4 is 0 Å². The van der Waals surface area contributed by atoms with E-state index in [1.54, 1.807) is 7.11 Å². The lowest BCUT2D eigenvalue weighted by Crippen LogP contribution is -2.38. The SMILES string of the molecule is [B]C1OC(CO)C(OPOC)C1OCCOC. The van der Waals surface area contributed by atoms with Crippen molar-refractivity contribution in [1.29, 1.82) is 0 Å². The highest BCUT2D eigenvalue weighted by atomic mass is 31.1. The van der Waals surface area contributed by atoms with Gasteiger partial charge in [0.2, 0.25) is 0 Å². The molecule has 1 aliphatic heterocycles. The Morgan fingerprint density at radius 2 is 2.06 bits per heavy atom. The number of rotatable bonds is 8. The van der Waals surface area contributed by atoms with Crippen LogP contribution in [0.1, 0.15) is 0 Å². The zero-order chi connectivity index (χ0) is 12.7. The van der Waals surface area contributed by atoms with Crippen molar-refractivity contribution in [2.75, 3.05) is 34.0 Å². The third-order valence-corrected chi connectivity index (χ3v) is 2.93. The summed E-state index contributed by atoms with van der Waals surface area (Å²) in [6.45, 7) is 0.690. The molecule has 5 unspecified atom stereocenters. The van der Waals surface area contributed by atoms with Gasteiger partial charge in [-0.2, -0.15) is 0 Å². The first kappa shape index (κ1) is 15.3. The third-order valence-electron chi connectivity index (χ3n) is 2.39. The summed E-state index contributed by atoms with van der Waals surface area (Å²) in [4.78, 5) is 0. The van der Waals surface area contributed by atoms with E-state index in [1.807, 2.05) is 0 Å². The third kappa shape index (κ3) is 4.45. The highest BCUT2D eigenvalue weighted by molar-refractivity contribution is 7.26. The van der Waals surface area contributed by atoms with Gasteiger partial charge in [0, 0.05) is 20.2 Å². The Hall–Kier alpha value is 0.255. The molecule has 0 aromatic heterocycles. The second kappa shape index (κ2) is 8.37. The molecule has 0 bridgehead atoms. The largest absolute Gasteiger partial charge is 0.394 e. The van der Waals surface area contributed by atoms with Crippen LogP contribution in [0.2, 0.25) is 0 Å². The minimum Gasteiger partial charge on any atom is -0.394 e. The minimum absolute atomic E-state index is 0.139. The molecule has 8 heteroatoms. The van der Waals surface area contributed by atoms with Crippen LogP contribution in [-0.4, -0.2) is 71.3 Å². The summed E-state index contributed by atoms with van der Waals surface area (Å²) in [6.07, 6.45) is -1.34. The average molecular weight is 264 g/mol. The maximum absolute atomic E-state index is 9.16. The van der Waals surface area contributed by atoms with E-state index in [-0.39, 0.29) is 15.6 Å². The van der Waals surface area contributed by atoms with Crippen LogP contribution in [0.25, 0.3) is 0 Å². The summed E-state index contributed by atoms with van der Waals surface area (Å²) < 4.78 is 26.1. The predicted octanol–water partition coefficient (Wildman–Crippen LogP) is -0.556. The first-order chi connectivity index (χ1) is 8.24. The highest BCUT2D eigenvalue weighted by Gasteiger charge is 2.43. The maximum Gasteiger partial charge on any atom is 0.155 e. The second-order valence-corrected chi connectivity index (χ2v) is 4.33. The summed E-state index contributed by atoms with van der Waals surface area (Å²) in [5, 5.41) is 9.16. The van der Waals surface area contributed by atoms with Crippen LogP contribution >= 0.6 is 9.03 Å². The Morgan fingerprint density at radius 3 is 2.65 bits per heavy atom. The fourth-order valence-electron chi connectivity index (χ4n) is 1.61. The van der Waals surface area contributed by atoms with E-state index in [0.29, 0.717) is 13.2 Å². The molecule has 1 rings (SSSR count). The number of aliphatic hydroxyl groups excluding tert-OH is 1. The molecular weight excluding hydrogens is 246 g/mol. The van der Waals surface area contributed by atoms with Crippen LogP contribution in [-0.2, 0) is 23.3 Å². The fraction of sp³-hybridized carbons (Fsp3) is 1.00. The number of ether oxygens (including phenoxy) is 3. The van der Waals surface area contributed by atoms with Crippen LogP contribution in [0.3, 0.4) is 0 Å². The van der Waals surface area contributed by atoms with Crippen molar-refractivity contribution < 1.29 is 28.4 Å². The van der Waals surface area contributed by atoms with Crippen molar-refractivity contribution in [1.82, 2.24) is 0 Å². The Balaban J connectivity index is 2.49. The van der Waals surface area contributed by atoms with Crippen molar-refractivity contribution in [3.05, 3.63) is 0 Å². The first-order valence-corrected chi connectivity index (χ1v) is 6.12. The van der Waals surface area contributed by atoms with Gasteiger partial charge in [-0.1, -0.05) is 0 Å². The van der Waals surface area contributed by atoms with Crippen molar-refractivity contribution in [3.63, 3.8) is 0 Å². The van der Waals surface area contributed by atoms with Crippen LogP contribution in [0.5, 0.6) is 0 Å².